The van der Waals surface area contributed by atoms with Gasteiger partial charge in [0.15, 0.2) is 16.3 Å². The monoisotopic (exact) mass is 300 g/mol. The number of hydrogen-bond acceptors (Lipinski definition) is 2. The summed E-state index contributed by atoms with van der Waals surface area (Å²) in [6, 6.07) is 4.01. The van der Waals surface area contributed by atoms with Crippen LogP contribution in [0.15, 0.2) is 33.5 Å². The van der Waals surface area contributed by atoms with Crippen molar-refractivity contribution in [2.24, 2.45) is 0 Å². The molecule has 0 fully saturated rings. The number of benzene rings is 1. The van der Waals surface area contributed by atoms with Crippen molar-refractivity contribution in [1.82, 2.24) is 0 Å². The second-order valence-electron chi connectivity index (χ2n) is 3.50. The third-order valence-electron chi connectivity index (χ3n) is 2.38. The molecule has 0 aliphatic heterocycles. The molecule has 0 radical (unpaired) electrons. The zero-order valence-corrected chi connectivity index (χ0v) is 10.3. The van der Waals surface area contributed by atoms with Gasteiger partial charge in [-0.2, -0.15) is 0 Å². The Morgan fingerprint density at radius 1 is 1.18 bits per heavy atom. The van der Waals surface area contributed by atoms with Gasteiger partial charge in [-0.05, 0) is 40.5 Å². The van der Waals surface area contributed by atoms with Crippen LogP contribution in [0.4, 0.5) is 8.78 Å². The third kappa shape index (κ3) is 2.02. The van der Waals surface area contributed by atoms with E-state index in [2.05, 4.69) is 15.9 Å². The molecule has 0 amide bonds. The molecular weight excluding hydrogens is 294 g/mol. The number of carbonyl (C=O) groups is 1. The number of halogens is 3. The van der Waals surface area contributed by atoms with E-state index in [0.29, 0.717) is 0 Å². The molecule has 0 bridgehead atoms. The van der Waals surface area contributed by atoms with Crippen molar-refractivity contribution in [2.75, 3.05) is 0 Å². The maximum atomic E-state index is 13.6. The van der Waals surface area contributed by atoms with Gasteiger partial charge in [0, 0.05) is 0 Å². The summed E-state index contributed by atoms with van der Waals surface area (Å²) in [4.78, 5) is 11.9. The molecule has 17 heavy (non-hydrogen) atoms. The minimum atomic E-state index is -1.14. The third-order valence-corrected chi connectivity index (χ3v) is 3.00. The fourth-order valence-electron chi connectivity index (χ4n) is 1.42. The van der Waals surface area contributed by atoms with E-state index < -0.39 is 17.4 Å². The van der Waals surface area contributed by atoms with Gasteiger partial charge in [0.25, 0.3) is 0 Å². The largest absolute Gasteiger partial charge is 0.457 e. The minimum absolute atomic E-state index is 0.158. The molecule has 1 aromatic carbocycles. The van der Waals surface area contributed by atoms with Crippen molar-refractivity contribution in [2.45, 2.75) is 6.92 Å². The van der Waals surface area contributed by atoms with Crippen molar-refractivity contribution in [3.63, 3.8) is 0 Å². The predicted molar refractivity (Wildman–Crippen MR) is 60.9 cm³/mol. The highest BCUT2D eigenvalue weighted by Gasteiger charge is 2.21. The number of aryl methyl sites for hydroxylation is 1. The highest BCUT2D eigenvalue weighted by Crippen LogP contribution is 2.24. The van der Waals surface area contributed by atoms with Crippen LogP contribution in [0.25, 0.3) is 0 Å². The summed E-state index contributed by atoms with van der Waals surface area (Å²) in [7, 11) is 0. The van der Waals surface area contributed by atoms with E-state index in [1.54, 1.807) is 0 Å². The Labute approximate surface area is 104 Å². The van der Waals surface area contributed by atoms with Gasteiger partial charge in [-0.15, -0.1) is 0 Å². The molecule has 0 saturated heterocycles. The van der Waals surface area contributed by atoms with Crippen LogP contribution in [0.5, 0.6) is 0 Å². The minimum Gasteiger partial charge on any atom is -0.457 e. The van der Waals surface area contributed by atoms with Gasteiger partial charge in [-0.3, -0.25) is 4.79 Å². The van der Waals surface area contributed by atoms with Crippen molar-refractivity contribution in [3.05, 3.63) is 57.5 Å². The van der Waals surface area contributed by atoms with Gasteiger partial charge in [0.2, 0.25) is 5.78 Å². The fourth-order valence-corrected chi connectivity index (χ4v) is 1.84. The van der Waals surface area contributed by atoms with E-state index >= 15 is 0 Å². The number of furan rings is 1. The molecule has 0 unspecified atom stereocenters. The SMILES string of the molecule is Cc1ccc(C(=O)c2ccoc2Br)c(F)c1F. The predicted octanol–water partition coefficient (Wildman–Crippen LogP) is 3.86. The molecule has 5 heteroatoms. The van der Waals surface area contributed by atoms with Crippen LogP contribution in [-0.2, 0) is 0 Å². The van der Waals surface area contributed by atoms with Crippen molar-refractivity contribution in [3.8, 4) is 0 Å². The van der Waals surface area contributed by atoms with Gasteiger partial charge < -0.3 is 4.42 Å². The van der Waals surface area contributed by atoms with E-state index in [9.17, 15) is 13.6 Å². The normalized spacial score (nSPS) is 10.6. The Kier molecular flexibility index (Phi) is 3.11. The number of rotatable bonds is 2. The van der Waals surface area contributed by atoms with Crippen molar-refractivity contribution >= 4 is 21.7 Å². The van der Waals surface area contributed by atoms with Gasteiger partial charge in [0.05, 0.1) is 17.4 Å². The molecule has 0 aliphatic carbocycles. The summed E-state index contributed by atoms with van der Waals surface area (Å²) in [6.07, 6.45) is 1.29. The van der Waals surface area contributed by atoms with E-state index in [-0.39, 0.29) is 21.4 Å². The second kappa shape index (κ2) is 4.41. The lowest BCUT2D eigenvalue weighted by Crippen LogP contribution is -2.06. The summed E-state index contributed by atoms with van der Waals surface area (Å²) in [5.74, 6) is -2.76. The average Bonchev–Trinajstić information content (AvgIpc) is 2.72. The lowest BCUT2D eigenvalue weighted by atomic mass is 10.0. The Bertz CT molecular complexity index is 590. The second-order valence-corrected chi connectivity index (χ2v) is 4.22. The van der Waals surface area contributed by atoms with E-state index in [1.807, 2.05) is 0 Å². The maximum absolute atomic E-state index is 13.6. The Hall–Kier alpha value is -1.49. The lowest BCUT2D eigenvalue weighted by molar-refractivity contribution is 0.103. The zero-order valence-electron chi connectivity index (χ0n) is 8.76. The van der Waals surface area contributed by atoms with Crippen LogP contribution in [-0.4, -0.2) is 5.78 Å². The molecule has 0 spiro atoms. The molecule has 1 aromatic heterocycles. The molecule has 2 aromatic rings. The molecule has 88 valence electrons. The number of hydrogen-bond donors (Lipinski definition) is 0. The highest BCUT2D eigenvalue weighted by atomic mass is 79.9. The van der Waals surface area contributed by atoms with Crippen LogP contribution >= 0.6 is 15.9 Å². The summed E-state index contributed by atoms with van der Waals surface area (Å²) in [5, 5.41) is 0. The molecule has 2 nitrogen and oxygen atoms in total. The summed E-state index contributed by atoms with van der Waals surface area (Å²) < 4.78 is 32.0. The maximum Gasteiger partial charge on any atom is 0.200 e. The Morgan fingerprint density at radius 2 is 1.88 bits per heavy atom. The van der Waals surface area contributed by atoms with Crippen molar-refractivity contribution in [1.29, 1.82) is 0 Å². The van der Waals surface area contributed by atoms with Gasteiger partial charge >= 0.3 is 0 Å². The van der Waals surface area contributed by atoms with Crippen LogP contribution < -0.4 is 0 Å². The molecule has 0 N–H and O–H groups in total. The Balaban J connectivity index is 2.53. The summed E-state index contributed by atoms with van der Waals surface area (Å²) in [5.41, 5.74) is 0.00709. The summed E-state index contributed by atoms with van der Waals surface area (Å²) >= 11 is 3.02. The van der Waals surface area contributed by atoms with Crippen LogP contribution in [0, 0.1) is 18.6 Å². The topological polar surface area (TPSA) is 30.2 Å². The quantitative estimate of drug-likeness (QED) is 0.788. The zero-order chi connectivity index (χ0) is 12.6. The van der Waals surface area contributed by atoms with Gasteiger partial charge in [-0.1, -0.05) is 6.07 Å². The van der Waals surface area contributed by atoms with E-state index in [1.165, 1.54) is 31.4 Å². The molecule has 2 rings (SSSR count). The van der Waals surface area contributed by atoms with Gasteiger partial charge in [0.1, 0.15) is 0 Å². The number of ketones is 1. The lowest BCUT2D eigenvalue weighted by Gasteiger charge is -2.04. The first kappa shape index (κ1) is 12.0. The first-order valence-electron chi connectivity index (χ1n) is 4.74. The fraction of sp³-hybridized carbons (Fsp3) is 0.0833. The molecular formula is C12H7BrF2O2. The molecule has 1 heterocycles. The van der Waals surface area contributed by atoms with Crippen LogP contribution in [0.3, 0.4) is 0 Å². The first-order valence-corrected chi connectivity index (χ1v) is 5.54. The number of carbonyl (C=O) groups excluding carboxylic acids is 1. The Morgan fingerprint density at radius 3 is 2.47 bits per heavy atom. The van der Waals surface area contributed by atoms with Crippen LogP contribution in [0.2, 0.25) is 0 Å². The van der Waals surface area contributed by atoms with Gasteiger partial charge in [-0.25, -0.2) is 8.78 Å². The summed E-state index contributed by atoms with van der Waals surface area (Å²) in [6.45, 7) is 1.43. The molecule has 0 atom stereocenters. The first-order chi connectivity index (χ1) is 8.02. The highest BCUT2D eigenvalue weighted by molar-refractivity contribution is 9.10. The van der Waals surface area contributed by atoms with E-state index in [4.69, 9.17) is 4.42 Å². The molecule has 0 saturated carbocycles. The van der Waals surface area contributed by atoms with E-state index in [0.717, 1.165) is 0 Å². The van der Waals surface area contributed by atoms with Crippen molar-refractivity contribution < 1.29 is 18.0 Å². The standard InChI is InChI=1S/C12H7BrF2O2/c1-6-2-3-7(10(15)9(6)14)11(16)8-4-5-17-12(8)13/h2-5H,1H3. The van der Waals surface area contributed by atoms with Crippen LogP contribution in [0.1, 0.15) is 21.5 Å². The average molecular weight is 301 g/mol. The smallest absolute Gasteiger partial charge is 0.200 e. The molecule has 0 aliphatic rings.